The molecule has 0 spiro atoms. The highest BCUT2D eigenvalue weighted by molar-refractivity contribution is 7.22. The number of amides is 1. The lowest BCUT2D eigenvalue weighted by Crippen LogP contribution is -2.41. The van der Waals surface area contributed by atoms with E-state index in [2.05, 4.69) is 9.97 Å². The Morgan fingerprint density at radius 2 is 2.23 bits per heavy atom. The van der Waals surface area contributed by atoms with Crippen molar-refractivity contribution >= 4 is 32.6 Å². The van der Waals surface area contributed by atoms with Gasteiger partial charge in [0.25, 0.3) is 5.56 Å². The zero-order chi connectivity index (χ0) is 21.3. The van der Waals surface area contributed by atoms with E-state index >= 15 is 0 Å². The van der Waals surface area contributed by atoms with Gasteiger partial charge in [0.1, 0.15) is 17.8 Å². The van der Waals surface area contributed by atoms with Gasteiger partial charge in [-0.1, -0.05) is 17.4 Å². The summed E-state index contributed by atoms with van der Waals surface area (Å²) < 4.78 is 13.5. The Labute approximate surface area is 178 Å². The number of rotatable bonds is 6. The number of carbonyl (C=O) groups is 1. The van der Waals surface area contributed by atoms with Gasteiger partial charge >= 0.3 is 0 Å². The number of fused-ring (bicyclic) bond motifs is 1. The van der Waals surface area contributed by atoms with Crippen molar-refractivity contribution in [2.24, 2.45) is 0 Å². The maximum atomic E-state index is 13.3. The van der Waals surface area contributed by atoms with Gasteiger partial charge in [0.2, 0.25) is 5.91 Å². The monoisotopic (exact) mass is 428 g/mol. The number of methoxy groups -OCH3 is 1. The number of thiazole rings is 1. The van der Waals surface area contributed by atoms with E-state index < -0.39 is 0 Å². The first-order valence-electron chi connectivity index (χ1n) is 9.86. The van der Waals surface area contributed by atoms with Gasteiger partial charge in [0.15, 0.2) is 5.13 Å². The fourth-order valence-corrected chi connectivity index (χ4v) is 4.50. The first-order valence-corrected chi connectivity index (χ1v) is 10.7. The molecule has 0 N–H and O–H groups in total. The number of carbonyl (C=O) groups excluding carboxylic acids is 1. The molecule has 158 valence electrons. The molecule has 1 unspecified atom stereocenters. The fraction of sp³-hybridized carbons (Fsp3) is 0.429. The molecule has 3 aromatic rings. The van der Waals surface area contributed by atoms with E-state index in [4.69, 9.17) is 9.47 Å². The molecule has 0 radical (unpaired) electrons. The Bertz CT molecular complexity index is 1130. The average molecular weight is 429 g/mol. The highest BCUT2D eigenvalue weighted by Gasteiger charge is 2.27. The molecule has 1 saturated heterocycles. The van der Waals surface area contributed by atoms with E-state index in [1.165, 1.54) is 22.2 Å². The van der Waals surface area contributed by atoms with E-state index in [9.17, 15) is 9.59 Å². The van der Waals surface area contributed by atoms with Gasteiger partial charge in [-0.25, -0.2) is 9.97 Å². The van der Waals surface area contributed by atoms with Gasteiger partial charge in [-0.3, -0.25) is 19.1 Å². The second-order valence-corrected chi connectivity index (χ2v) is 8.34. The standard InChI is InChI=1S/C21H24N4O4S/c1-13-14(2)22-12-24(20(13)27)11-18(26)25(10-15-6-5-9-29-15)21-23-19-16(28-3)7-4-8-17(19)30-21/h4,7-8,12,15H,5-6,9-11H2,1-3H3. The Hall–Kier alpha value is -2.78. The summed E-state index contributed by atoms with van der Waals surface area (Å²) in [5, 5.41) is 0.569. The molecule has 1 atom stereocenters. The Kier molecular flexibility index (Phi) is 5.83. The summed E-state index contributed by atoms with van der Waals surface area (Å²) in [5.74, 6) is 0.435. The molecule has 0 aliphatic carbocycles. The smallest absolute Gasteiger partial charge is 0.256 e. The first kappa shape index (κ1) is 20.5. The van der Waals surface area contributed by atoms with Gasteiger partial charge in [-0.2, -0.15) is 0 Å². The van der Waals surface area contributed by atoms with Crippen LogP contribution >= 0.6 is 11.3 Å². The molecular formula is C21H24N4O4S. The van der Waals surface area contributed by atoms with Crippen LogP contribution in [-0.4, -0.2) is 46.8 Å². The van der Waals surface area contributed by atoms with E-state index in [1.54, 1.807) is 25.9 Å². The predicted molar refractivity (Wildman–Crippen MR) is 115 cm³/mol. The zero-order valence-corrected chi connectivity index (χ0v) is 18.1. The van der Waals surface area contributed by atoms with Gasteiger partial charge < -0.3 is 9.47 Å². The van der Waals surface area contributed by atoms with Crippen LogP contribution in [0.2, 0.25) is 0 Å². The third-order valence-electron chi connectivity index (χ3n) is 5.35. The normalized spacial score (nSPS) is 16.2. The molecule has 1 amide bonds. The van der Waals surface area contributed by atoms with Crippen molar-refractivity contribution in [2.75, 3.05) is 25.2 Å². The lowest BCUT2D eigenvalue weighted by atomic mass is 10.2. The predicted octanol–water partition coefficient (Wildman–Crippen LogP) is 2.69. The lowest BCUT2D eigenvalue weighted by molar-refractivity contribution is -0.119. The topological polar surface area (TPSA) is 86.5 Å². The number of aromatic nitrogens is 3. The summed E-state index contributed by atoms with van der Waals surface area (Å²) >= 11 is 1.42. The first-order chi connectivity index (χ1) is 14.5. The van der Waals surface area contributed by atoms with Gasteiger partial charge in [-0.05, 0) is 38.8 Å². The van der Waals surface area contributed by atoms with Crippen LogP contribution in [0, 0.1) is 13.8 Å². The van der Waals surface area contributed by atoms with Crippen LogP contribution in [0.1, 0.15) is 24.1 Å². The molecule has 4 rings (SSSR count). The molecule has 1 fully saturated rings. The van der Waals surface area contributed by atoms with Crippen LogP contribution in [0.3, 0.4) is 0 Å². The van der Waals surface area contributed by atoms with Crippen molar-refractivity contribution in [3.63, 3.8) is 0 Å². The number of ether oxygens (including phenoxy) is 2. The fourth-order valence-electron chi connectivity index (χ4n) is 3.49. The molecule has 1 aliphatic heterocycles. The number of anilines is 1. The minimum absolute atomic E-state index is 0.0440. The molecule has 3 heterocycles. The summed E-state index contributed by atoms with van der Waals surface area (Å²) in [7, 11) is 1.60. The maximum Gasteiger partial charge on any atom is 0.256 e. The Balaban J connectivity index is 1.68. The van der Waals surface area contributed by atoms with Crippen LogP contribution in [0.15, 0.2) is 29.3 Å². The minimum atomic E-state index is -0.226. The SMILES string of the molecule is COc1cccc2sc(N(CC3CCCO3)C(=O)Cn3cnc(C)c(C)c3=O)nc12. The van der Waals surface area contributed by atoms with Crippen molar-refractivity contribution in [3.05, 3.63) is 46.1 Å². The minimum Gasteiger partial charge on any atom is -0.494 e. The third-order valence-corrected chi connectivity index (χ3v) is 6.40. The highest BCUT2D eigenvalue weighted by Crippen LogP contribution is 2.34. The van der Waals surface area contributed by atoms with Crippen molar-refractivity contribution in [3.8, 4) is 5.75 Å². The van der Waals surface area contributed by atoms with E-state index in [1.807, 2.05) is 18.2 Å². The maximum absolute atomic E-state index is 13.3. The Morgan fingerprint density at radius 3 is 2.97 bits per heavy atom. The van der Waals surface area contributed by atoms with E-state index in [0.717, 1.165) is 23.1 Å². The van der Waals surface area contributed by atoms with Gasteiger partial charge in [0.05, 0.1) is 30.8 Å². The summed E-state index contributed by atoms with van der Waals surface area (Å²) in [4.78, 5) is 36.4. The lowest BCUT2D eigenvalue weighted by Gasteiger charge is -2.23. The second-order valence-electron chi connectivity index (χ2n) is 7.33. The summed E-state index contributed by atoms with van der Waals surface area (Å²) in [6, 6.07) is 5.69. The van der Waals surface area contributed by atoms with E-state index in [-0.39, 0.29) is 24.1 Å². The van der Waals surface area contributed by atoms with Crippen molar-refractivity contribution in [1.82, 2.24) is 14.5 Å². The van der Waals surface area contributed by atoms with Crippen LogP contribution < -0.4 is 15.2 Å². The third kappa shape index (κ3) is 3.95. The molecule has 8 nitrogen and oxygen atoms in total. The van der Waals surface area contributed by atoms with Crippen LogP contribution in [-0.2, 0) is 16.1 Å². The largest absolute Gasteiger partial charge is 0.494 e. The number of benzene rings is 1. The molecule has 30 heavy (non-hydrogen) atoms. The quantitative estimate of drug-likeness (QED) is 0.600. The number of nitrogens with zero attached hydrogens (tertiary/aromatic N) is 4. The van der Waals surface area contributed by atoms with Gasteiger partial charge in [0, 0.05) is 17.9 Å². The molecule has 0 bridgehead atoms. The van der Waals surface area contributed by atoms with Crippen LogP contribution in [0.5, 0.6) is 5.75 Å². The highest BCUT2D eigenvalue weighted by atomic mass is 32.1. The van der Waals surface area contributed by atoms with Crippen LogP contribution in [0.4, 0.5) is 5.13 Å². The second kappa shape index (κ2) is 8.53. The number of para-hydroxylation sites is 1. The summed E-state index contributed by atoms with van der Waals surface area (Å²) in [6.07, 6.45) is 3.25. The molecule has 1 aliphatic rings. The van der Waals surface area contributed by atoms with Crippen molar-refractivity contribution < 1.29 is 14.3 Å². The molecular weight excluding hydrogens is 404 g/mol. The van der Waals surface area contributed by atoms with Gasteiger partial charge in [-0.15, -0.1) is 0 Å². The Morgan fingerprint density at radius 1 is 1.40 bits per heavy atom. The summed E-state index contributed by atoms with van der Waals surface area (Å²) in [5.41, 5.74) is 1.72. The van der Waals surface area contributed by atoms with E-state index in [0.29, 0.717) is 35.3 Å². The zero-order valence-electron chi connectivity index (χ0n) is 17.3. The van der Waals surface area contributed by atoms with Crippen molar-refractivity contribution in [1.29, 1.82) is 0 Å². The molecule has 9 heteroatoms. The molecule has 2 aromatic heterocycles. The van der Waals surface area contributed by atoms with Crippen LogP contribution in [0.25, 0.3) is 10.2 Å². The number of hydrogen-bond acceptors (Lipinski definition) is 7. The molecule has 1 aromatic carbocycles. The molecule has 0 saturated carbocycles. The summed E-state index contributed by atoms with van der Waals surface area (Å²) in [6.45, 7) is 4.48. The van der Waals surface area contributed by atoms with Crippen molar-refractivity contribution in [2.45, 2.75) is 39.3 Å². The average Bonchev–Trinajstić information content (AvgIpc) is 3.41. The number of hydrogen-bond donors (Lipinski definition) is 0. The number of aryl methyl sites for hydroxylation is 1.